The fourth-order valence-electron chi connectivity index (χ4n) is 1.65. The Balaban J connectivity index is 2.33. The monoisotopic (exact) mass is 300 g/mol. The van der Waals surface area contributed by atoms with Crippen molar-refractivity contribution in [2.75, 3.05) is 7.11 Å². The molecule has 0 saturated heterocycles. The van der Waals surface area contributed by atoms with E-state index in [0.29, 0.717) is 15.8 Å². The highest BCUT2D eigenvalue weighted by molar-refractivity contribution is 6.33. The first-order chi connectivity index (χ1) is 8.61. The lowest BCUT2D eigenvalue weighted by Gasteiger charge is -2.13. The zero-order valence-electron chi connectivity index (χ0n) is 9.66. The van der Waals surface area contributed by atoms with Crippen molar-refractivity contribution in [2.45, 2.75) is 5.38 Å². The number of alkyl halides is 1. The van der Waals surface area contributed by atoms with Crippen LogP contribution in [0.15, 0.2) is 42.5 Å². The van der Waals surface area contributed by atoms with Gasteiger partial charge >= 0.3 is 0 Å². The lowest BCUT2D eigenvalue weighted by Crippen LogP contribution is -1.95. The first kappa shape index (κ1) is 13.5. The molecule has 18 heavy (non-hydrogen) atoms. The van der Waals surface area contributed by atoms with Gasteiger partial charge in [0.25, 0.3) is 0 Å². The van der Waals surface area contributed by atoms with Gasteiger partial charge < -0.3 is 4.74 Å². The summed E-state index contributed by atoms with van der Waals surface area (Å²) in [5.74, 6) is 0.712. The number of benzene rings is 2. The van der Waals surface area contributed by atoms with Crippen molar-refractivity contribution in [3.63, 3.8) is 0 Å². The molecule has 0 heterocycles. The second-order valence-corrected chi connectivity index (χ2v) is 5.08. The summed E-state index contributed by atoms with van der Waals surface area (Å²) in [4.78, 5) is 0. The third kappa shape index (κ3) is 2.92. The summed E-state index contributed by atoms with van der Waals surface area (Å²) < 4.78 is 5.11. The number of methoxy groups -OCH3 is 1. The molecule has 1 nitrogen and oxygen atoms in total. The van der Waals surface area contributed by atoms with E-state index in [-0.39, 0.29) is 5.38 Å². The van der Waals surface area contributed by atoms with Gasteiger partial charge in [-0.3, -0.25) is 0 Å². The van der Waals surface area contributed by atoms with Crippen molar-refractivity contribution in [2.24, 2.45) is 0 Å². The lowest BCUT2D eigenvalue weighted by molar-refractivity contribution is 0.414. The summed E-state index contributed by atoms with van der Waals surface area (Å²) >= 11 is 18.5. The molecule has 1 atom stereocenters. The molecular formula is C14H11Cl3O. The van der Waals surface area contributed by atoms with E-state index in [2.05, 4.69) is 0 Å². The second kappa shape index (κ2) is 5.83. The summed E-state index contributed by atoms with van der Waals surface area (Å²) in [5, 5.41) is 0.966. The number of ether oxygens (including phenoxy) is 1. The van der Waals surface area contributed by atoms with E-state index in [9.17, 15) is 0 Å². The summed E-state index contributed by atoms with van der Waals surface area (Å²) in [6.07, 6.45) is 0. The van der Waals surface area contributed by atoms with E-state index in [1.165, 1.54) is 0 Å². The molecule has 0 radical (unpaired) electrons. The molecule has 0 aliphatic carbocycles. The Morgan fingerprint density at radius 3 is 2.22 bits per heavy atom. The van der Waals surface area contributed by atoms with Gasteiger partial charge in [0.15, 0.2) is 0 Å². The minimum Gasteiger partial charge on any atom is -0.497 e. The molecule has 0 aromatic heterocycles. The molecule has 4 heteroatoms. The molecule has 2 aromatic rings. The van der Waals surface area contributed by atoms with Crippen molar-refractivity contribution in [1.29, 1.82) is 0 Å². The van der Waals surface area contributed by atoms with Gasteiger partial charge in [-0.1, -0.05) is 41.4 Å². The lowest BCUT2D eigenvalue weighted by atomic mass is 10.0. The Bertz CT molecular complexity index is 537. The molecule has 2 aromatic carbocycles. The molecular weight excluding hydrogens is 291 g/mol. The molecule has 0 spiro atoms. The van der Waals surface area contributed by atoms with E-state index in [1.54, 1.807) is 13.2 Å². The largest absolute Gasteiger partial charge is 0.497 e. The molecule has 0 saturated carbocycles. The fraction of sp³-hybridized carbons (Fsp3) is 0.143. The summed E-state index contributed by atoms with van der Waals surface area (Å²) in [5.41, 5.74) is 1.80. The average molecular weight is 302 g/mol. The minimum atomic E-state index is -0.305. The fourth-order valence-corrected chi connectivity index (χ4v) is 2.45. The van der Waals surface area contributed by atoms with Crippen molar-refractivity contribution in [3.05, 3.63) is 63.6 Å². The van der Waals surface area contributed by atoms with E-state index in [1.807, 2.05) is 36.4 Å². The molecule has 0 fully saturated rings. The Kier molecular flexibility index (Phi) is 4.39. The van der Waals surface area contributed by atoms with Gasteiger partial charge in [0.2, 0.25) is 0 Å². The van der Waals surface area contributed by atoms with Crippen LogP contribution in [0.4, 0.5) is 0 Å². The van der Waals surface area contributed by atoms with Crippen molar-refractivity contribution in [1.82, 2.24) is 0 Å². The molecule has 0 aliphatic heterocycles. The van der Waals surface area contributed by atoms with Crippen LogP contribution in [0.5, 0.6) is 5.75 Å². The number of rotatable bonds is 3. The van der Waals surface area contributed by atoms with Gasteiger partial charge in [-0.15, -0.1) is 11.6 Å². The third-order valence-electron chi connectivity index (χ3n) is 2.64. The molecule has 0 bridgehead atoms. The predicted molar refractivity (Wildman–Crippen MR) is 77.2 cm³/mol. The van der Waals surface area contributed by atoms with Crippen LogP contribution in [0.1, 0.15) is 16.5 Å². The van der Waals surface area contributed by atoms with Gasteiger partial charge in [-0.05, 0) is 35.4 Å². The number of hydrogen-bond acceptors (Lipinski definition) is 1. The van der Waals surface area contributed by atoms with Crippen molar-refractivity contribution < 1.29 is 4.74 Å². The standard InChI is InChI=1S/C14H11Cl3O/c1-18-11-6-7-12(13(16)8-11)14(17)9-2-4-10(15)5-3-9/h2-8,14H,1H3. The van der Waals surface area contributed by atoms with Crippen LogP contribution in [0.3, 0.4) is 0 Å². The summed E-state index contributed by atoms with van der Waals surface area (Å²) in [6, 6.07) is 12.9. The molecule has 2 rings (SSSR count). The Morgan fingerprint density at radius 2 is 1.67 bits per heavy atom. The predicted octanol–water partition coefficient (Wildman–Crippen LogP) is 5.33. The molecule has 1 unspecified atom stereocenters. The maximum Gasteiger partial charge on any atom is 0.120 e. The van der Waals surface area contributed by atoms with Crippen LogP contribution in [-0.4, -0.2) is 7.11 Å². The molecule has 94 valence electrons. The van der Waals surface area contributed by atoms with Gasteiger partial charge in [0.05, 0.1) is 12.5 Å². The Hall–Kier alpha value is -0.890. The smallest absolute Gasteiger partial charge is 0.120 e. The van der Waals surface area contributed by atoms with Crippen LogP contribution >= 0.6 is 34.8 Å². The Morgan fingerprint density at radius 1 is 1.00 bits per heavy atom. The second-order valence-electron chi connectivity index (χ2n) is 3.80. The van der Waals surface area contributed by atoms with Gasteiger partial charge in [-0.2, -0.15) is 0 Å². The van der Waals surface area contributed by atoms with Gasteiger partial charge in [0, 0.05) is 10.0 Å². The van der Waals surface area contributed by atoms with Crippen LogP contribution in [-0.2, 0) is 0 Å². The molecule has 0 N–H and O–H groups in total. The summed E-state index contributed by atoms with van der Waals surface area (Å²) in [6.45, 7) is 0. The van der Waals surface area contributed by atoms with Crippen molar-refractivity contribution in [3.8, 4) is 5.75 Å². The maximum atomic E-state index is 6.42. The van der Waals surface area contributed by atoms with Crippen LogP contribution in [0, 0.1) is 0 Å². The average Bonchev–Trinajstić information content (AvgIpc) is 2.38. The normalized spacial score (nSPS) is 12.2. The number of halogens is 3. The van der Waals surface area contributed by atoms with Gasteiger partial charge in [0.1, 0.15) is 5.75 Å². The van der Waals surface area contributed by atoms with E-state index >= 15 is 0 Å². The van der Waals surface area contributed by atoms with E-state index < -0.39 is 0 Å². The first-order valence-corrected chi connectivity index (χ1v) is 6.54. The van der Waals surface area contributed by atoms with Crippen LogP contribution in [0.2, 0.25) is 10.0 Å². The highest BCUT2D eigenvalue weighted by atomic mass is 35.5. The maximum absolute atomic E-state index is 6.42. The highest BCUT2D eigenvalue weighted by Gasteiger charge is 2.14. The molecule has 0 aliphatic rings. The highest BCUT2D eigenvalue weighted by Crippen LogP contribution is 2.35. The minimum absolute atomic E-state index is 0.305. The van der Waals surface area contributed by atoms with Crippen molar-refractivity contribution >= 4 is 34.8 Å². The summed E-state index contributed by atoms with van der Waals surface area (Å²) in [7, 11) is 1.60. The van der Waals surface area contributed by atoms with Gasteiger partial charge in [-0.25, -0.2) is 0 Å². The first-order valence-electron chi connectivity index (χ1n) is 5.35. The number of hydrogen-bond donors (Lipinski definition) is 0. The zero-order chi connectivity index (χ0) is 13.1. The van der Waals surface area contributed by atoms with Crippen LogP contribution in [0.25, 0.3) is 0 Å². The van der Waals surface area contributed by atoms with E-state index in [0.717, 1.165) is 11.1 Å². The van der Waals surface area contributed by atoms with Crippen LogP contribution < -0.4 is 4.74 Å². The van der Waals surface area contributed by atoms with E-state index in [4.69, 9.17) is 39.5 Å². The molecule has 0 amide bonds. The quantitative estimate of drug-likeness (QED) is 0.696. The SMILES string of the molecule is COc1ccc(C(Cl)c2ccc(Cl)cc2)c(Cl)c1. The topological polar surface area (TPSA) is 9.23 Å². The third-order valence-corrected chi connectivity index (χ3v) is 3.71. The zero-order valence-corrected chi connectivity index (χ0v) is 11.9. The Labute approximate surface area is 121 Å².